The van der Waals surface area contributed by atoms with E-state index in [0.717, 1.165) is 13.0 Å². The van der Waals surface area contributed by atoms with Crippen LogP contribution in [0.15, 0.2) is 36.4 Å². The number of quaternary nitrogens is 1. The zero-order valence-electron chi connectivity index (χ0n) is 18.9. The highest BCUT2D eigenvalue weighted by molar-refractivity contribution is 7.46. The number of hydrogen-bond donors (Lipinski definition) is 2. The van der Waals surface area contributed by atoms with E-state index in [0.29, 0.717) is 17.4 Å². The molecule has 164 valence electrons. The van der Waals surface area contributed by atoms with E-state index < -0.39 is 13.9 Å². The first-order valence-electron chi connectivity index (χ1n) is 10.5. The van der Waals surface area contributed by atoms with Gasteiger partial charge in [-0.25, -0.2) is 4.57 Å². The summed E-state index contributed by atoms with van der Waals surface area (Å²) in [5.74, 6) is 0. The number of rotatable bonds is 8. The molecule has 0 aliphatic carbocycles. The number of fused-ring (bicyclic) bond motifs is 3. The van der Waals surface area contributed by atoms with Gasteiger partial charge in [0.25, 0.3) is 0 Å². The molecule has 0 fully saturated rings. The molecule has 6 nitrogen and oxygen atoms in total. The summed E-state index contributed by atoms with van der Waals surface area (Å²) in [6.07, 6.45) is 0.885. The Morgan fingerprint density at radius 1 is 1.13 bits per heavy atom. The predicted molar refractivity (Wildman–Crippen MR) is 121 cm³/mol. The quantitative estimate of drug-likeness (QED) is 0.371. The average molecular weight is 435 g/mol. The Labute approximate surface area is 179 Å². The lowest BCUT2D eigenvalue weighted by Gasteiger charge is -2.29. The van der Waals surface area contributed by atoms with Crippen molar-refractivity contribution in [2.75, 3.05) is 34.2 Å². The molecule has 1 heterocycles. The summed E-state index contributed by atoms with van der Waals surface area (Å²) in [5, 5.41) is 2.53. The minimum absolute atomic E-state index is 0.0691. The molecule has 1 atom stereocenters. The third kappa shape index (κ3) is 5.01. The monoisotopic (exact) mass is 434 g/mol. The van der Waals surface area contributed by atoms with Gasteiger partial charge in [-0.2, -0.15) is 4.58 Å². The van der Waals surface area contributed by atoms with Gasteiger partial charge in [0.15, 0.2) is 5.71 Å². The van der Waals surface area contributed by atoms with Crippen molar-refractivity contribution in [1.82, 2.24) is 0 Å². The highest BCUT2D eigenvalue weighted by atomic mass is 31.2. The number of nitrogens with zero attached hydrogens (tertiary/aromatic N) is 2. The second kappa shape index (κ2) is 8.18. The second-order valence-corrected chi connectivity index (χ2v) is 11.1. The van der Waals surface area contributed by atoms with Crippen molar-refractivity contribution in [2.24, 2.45) is 0 Å². The molecule has 2 aromatic rings. The Morgan fingerprint density at radius 2 is 1.80 bits per heavy atom. The summed E-state index contributed by atoms with van der Waals surface area (Å²) in [6.45, 7) is 8.05. The summed E-state index contributed by atoms with van der Waals surface area (Å²) in [5.41, 5.74) is 3.82. The summed E-state index contributed by atoms with van der Waals surface area (Å²) in [7, 11) is 1.48. The van der Waals surface area contributed by atoms with Gasteiger partial charge < -0.3 is 14.3 Å². The molecule has 1 aliphatic heterocycles. The zero-order valence-corrected chi connectivity index (χ0v) is 19.8. The summed E-state index contributed by atoms with van der Waals surface area (Å²) < 4.78 is 19.5. The first-order valence-corrected chi connectivity index (χ1v) is 12.0. The maximum atomic E-state index is 11.4. The molecule has 0 saturated heterocycles. The van der Waals surface area contributed by atoms with E-state index in [2.05, 4.69) is 61.7 Å². The Kier molecular flexibility index (Phi) is 6.30. The fourth-order valence-corrected chi connectivity index (χ4v) is 5.15. The van der Waals surface area contributed by atoms with Crippen LogP contribution in [-0.2, 0) is 14.5 Å². The number of likely N-dealkylation sites (N-methyl/N-ethyl adjacent to an activating group) is 1. The largest absolute Gasteiger partial charge is 0.470 e. The lowest BCUT2D eigenvalue weighted by Crippen LogP contribution is -2.42. The molecule has 2 aromatic carbocycles. The van der Waals surface area contributed by atoms with Crippen LogP contribution < -0.4 is 0 Å². The maximum Gasteiger partial charge on any atom is 0.470 e. The van der Waals surface area contributed by atoms with Gasteiger partial charge in [0.1, 0.15) is 19.2 Å². The van der Waals surface area contributed by atoms with Crippen molar-refractivity contribution in [1.29, 1.82) is 0 Å². The molecule has 0 radical (unpaired) electrons. The second-order valence-electron chi connectivity index (χ2n) is 9.88. The zero-order chi connectivity index (χ0) is 22.3. The highest BCUT2D eigenvalue weighted by Gasteiger charge is 2.44. The van der Waals surface area contributed by atoms with Crippen molar-refractivity contribution < 1.29 is 27.9 Å². The Bertz CT molecular complexity index is 1020. The van der Waals surface area contributed by atoms with Gasteiger partial charge in [-0.1, -0.05) is 24.3 Å². The molecule has 0 bridgehead atoms. The topological polar surface area (TPSA) is 69.8 Å². The van der Waals surface area contributed by atoms with Gasteiger partial charge in [-0.15, -0.1) is 0 Å². The van der Waals surface area contributed by atoms with E-state index in [-0.39, 0.29) is 5.41 Å². The van der Waals surface area contributed by atoms with E-state index in [1.54, 1.807) is 0 Å². The smallest absolute Gasteiger partial charge is 0.329 e. The van der Waals surface area contributed by atoms with Crippen LogP contribution in [0.25, 0.3) is 10.8 Å². The standard InChI is InChI=1S/C23H33N2O4P/c1-17-23(2,3)22-20-12-8-7-10-18(20)13-14-21(22)24(17)15-9-11-19(16-25(4,5)6)29-30(26,27)28/h7-8,10,12-14,19H,9,11,15-16H2,1-6H3/p+2. The number of benzene rings is 2. The van der Waals surface area contributed by atoms with Gasteiger partial charge in [0, 0.05) is 25.0 Å². The van der Waals surface area contributed by atoms with E-state index in [9.17, 15) is 14.4 Å². The molecule has 1 unspecified atom stereocenters. The first kappa shape index (κ1) is 23.1. The third-order valence-electron chi connectivity index (χ3n) is 6.08. The van der Waals surface area contributed by atoms with E-state index in [1.165, 1.54) is 27.7 Å². The fourth-order valence-electron chi connectivity index (χ4n) is 4.59. The predicted octanol–water partition coefficient (Wildman–Crippen LogP) is 4.20. The van der Waals surface area contributed by atoms with Gasteiger partial charge >= 0.3 is 7.82 Å². The molecule has 0 aromatic heterocycles. The van der Waals surface area contributed by atoms with Gasteiger partial charge in [0.2, 0.25) is 5.69 Å². The Morgan fingerprint density at radius 3 is 2.43 bits per heavy atom. The van der Waals surface area contributed by atoms with Gasteiger partial charge in [-0.05, 0) is 37.1 Å². The molecule has 7 heteroatoms. The number of hydrogen-bond acceptors (Lipinski definition) is 2. The molecule has 30 heavy (non-hydrogen) atoms. The molecule has 1 aliphatic rings. The van der Waals surface area contributed by atoms with Crippen LogP contribution in [0.2, 0.25) is 0 Å². The summed E-state index contributed by atoms with van der Waals surface area (Å²) in [4.78, 5) is 18.6. The normalized spacial score (nSPS) is 17.5. The molecule has 0 amide bonds. The number of phosphoric acid groups is 1. The molecule has 3 rings (SSSR count). The summed E-state index contributed by atoms with van der Waals surface area (Å²) in [6, 6.07) is 12.9. The van der Waals surface area contributed by atoms with Crippen LogP contribution >= 0.6 is 7.82 Å². The van der Waals surface area contributed by atoms with Crippen molar-refractivity contribution in [3.63, 3.8) is 0 Å². The van der Waals surface area contributed by atoms with Gasteiger partial charge in [-0.3, -0.25) is 4.52 Å². The minimum Gasteiger partial charge on any atom is -0.329 e. The number of phosphoric ester groups is 1. The van der Waals surface area contributed by atoms with Crippen LogP contribution in [0.3, 0.4) is 0 Å². The average Bonchev–Trinajstić information content (AvgIpc) is 2.79. The van der Waals surface area contributed by atoms with Crippen LogP contribution in [0.4, 0.5) is 5.69 Å². The lowest BCUT2D eigenvalue weighted by atomic mass is 9.80. The van der Waals surface area contributed by atoms with Crippen LogP contribution in [0, 0.1) is 0 Å². The van der Waals surface area contributed by atoms with Crippen molar-refractivity contribution in [3.05, 3.63) is 42.0 Å². The SMILES string of the molecule is CC1=[N+](CCCC(C[N+](C)(C)C)OP(=O)(O)O)c2ccc3ccccc3c2C1(C)C. The van der Waals surface area contributed by atoms with Crippen molar-refractivity contribution >= 4 is 30.0 Å². The van der Waals surface area contributed by atoms with E-state index >= 15 is 0 Å². The van der Waals surface area contributed by atoms with Crippen LogP contribution in [0.1, 0.15) is 39.2 Å². The minimum atomic E-state index is -4.52. The lowest BCUT2D eigenvalue weighted by molar-refractivity contribution is -0.873. The Hall–Kier alpha value is -1.56. The Balaban J connectivity index is 1.82. The molecule has 2 N–H and O–H groups in total. The van der Waals surface area contributed by atoms with Gasteiger partial charge in [0.05, 0.1) is 26.6 Å². The van der Waals surface area contributed by atoms with Crippen LogP contribution in [-0.4, -0.2) is 64.9 Å². The van der Waals surface area contributed by atoms with Crippen molar-refractivity contribution in [3.8, 4) is 0 Å². The highest BCUT2D eigenvalue weighted by Crippen LogP contribution is 2.44. The molecular weight excluding hydrogens is 399 g/mol. The molecule has 0 spiro atoms. The summed E-state index contributed by atoms with van der Waals surface area (Å²) >= 11 is 0. The maximum absolute atomic E-state index is 11.4. The molecule has 0 saturated carbocycles. The van der Waals surface area contributed by atoms with E-state index in [1.807, 2.05) is 21.1 Å². The first-order chi connectivity index (χ1) is 13.8. The molecular formula is C23H35N2O4P+2. The van der Waals surface area contributed by atoms with Crippen molar-refractivity contribution in [2.45, 2.75) is 45.1 Å². The third-order valence-corrected chi connectivity index (χ3v) is 6.65. The fraction of sp³-hybridized carbons (Fsp3) is 0.522. The van der Waals surface area contributed by atoms with E-state index in [4.69, 9.17) is 4.52 Å². The van der Waals surface area contributed by atoms with Crippen LogP contribution in [0.5, 0.6) is 0 Å².